The maximum Gasteiger partial charge on any atom is 0.127 e. The van der Waals surface area contributed by atoms with Gasteiger partial charge in [-0.05, 0) is 51.8 Å². The molecule has 2 aromatic heterocycles. The van der Waals surface area contributed by atoms with Gasteiger partial charge < -0.3 is 4.90 Å². The highest BCUT2D eigenvalue weighted by molar-refractivity contribution is 7.18. The molecule has 1 aliphatic rings. The highest BCUT2D eigenvalue weighted by Gasteiger charge is 2.20. The third-order valence-corrected chi connectivity index (χ3v) is 6.11. The highest BCUT2D eigenvalue weighted by Crippen LogP contribution is 2.39. The molecule has 0 radical (unpaired) electrons. The van der Waals surface area contributed by atoms with Gasteiger partial charge in [0.2, 0.25) is 0 Å². The molecule has 0 N–H and O–H groups in total. The second-order valence-corrected chi connectivity index (χ2v) is 8.07. The van der Waals surface area contributed by atoms with Gasteiger partial charge in [-0.15, -0.1) is 11.3 Å². The van der Waals surface area contributed by atoms with Crippen LogP contribution in [0, 0.1) is 6.92 Å². The topological polar surface area (TPSA) is 29.0 Å². The van der Waals surface area contributed by atoms with Crippen molar-refractivity contribution in [3.8, 4) is 0 Å². The Labute approximate surface area is 144 Å². The smallest absolute Gasteiger partial charge is 0.127 e. The van der Waals surface area contributed by atoms with Crippen molar-refractivity contribution >= 4 is 21.6 Å². The summed E-state index contributed by atoms with van der Waals surface area (Å²) in [6, 6.07) is 2.40. The number of thiophene rings is 1. The molecule has 1 saturated carbocycles. The first kappa shape index (κ1) is 16.8. The maximum atomic E-state index is 4.76. The normalized spacial score (nSPS) is 16.5. The molecule has 0 aromatic carbocycles. The fraction of sp³-hybridized carbons (Fsp3) is 0.684. The molecule has 4 heteroatoms. The lowest BCUT2D eigenvalue weighted by Gasteiger charge is -2.19. The Morgan fingerprint density at radius 3 is 2.74 bits per heavy atom. The zero-order valence-electron chi connectivity index (χ0n) is 14.8. The molecule has 2 heterocycles. The first-order valence-corrected chi connectivity index (χ1v) is 9.94. The molecule has 126 valence electrons. The number of rotatable bonds is 6. The summed E-state index contributed by atoms with van der Waals surface area (Å²) in [6.07, 6.45) is 9.38. The van der Waals surface area contributed by atoms with E-state index in [1.165, 1.54) is 65.7 Å². The Bertz CT molecular complexity index is 643. The van der Waals surface area contributed by atoms with Crippen LogP contribution < -0.4 is 0 Å². The Morgan fingerprint density at radius 2 is 2.00 bits per heavy atom. The van der Waals surface area contributed by atoms with E-state index < -0.39 is 0 Å². The minimum atomic E-state index is 0.758. The van der Waals surface area contributed by atoms with Gasteiger partial charge in [-0.25, -0.2) is 9.97 Å². The molecule has 3 rings (SSSR count). The Balaban J connectivity index is 1.86. The summed E-state index contributed by atoms with van der Waals surface area (Å²) in [6.45, 7) is 6.34. The van der Waals surface area contributed by atoms with Crippen LogP contribution in [0.5, 0.6) is 0 Å². The van der Waals surface area contributed by atoms with E-state index in [9.17, 15) is 0 Å². The Hall–Kier alpha value is -1.00. The molecular weight excluding hydrogens is 302 g/mol. The third-order valence-electron chi connectivity index (χ3n) is 4.92. The van der Waals surface area contributed by atoms with E-state index in [1.807, 2.05) is 18.3 Å². The largest absolute Gasteiger partial charge is 0.301 e. The summed E-state index contributed by atoms with van der Waals surface area (Å²) in [5.41, 5.74) is 1.21. The number of fused-ring (bicyclic) bond motifs is 1. The summed E-state index contributed by atoms with van der Waals surface area (Å²) >= 11 is 1.91. The molecule has 0 bridgehead atoms. The minimum absolute atomic E-state index is 0.758. The van der Waals surface area contributed by atoms with Crippen molar-refractivity contribution in [1.29, 1.82) is 0 Å². The van der Waals surface area contributed by atoms with Gasteiger partial charge in [0.1, 0.15) is 10.7 Å². The van der Waals surface area contributed by atoms with Crippen molar-refractivity contribution in [2.45, 2.75) is 71.3 Å². The van der Waals surface area contributed by atoms with Gasteiger partial charge >= 0.3 is 0 Å². The average Bonchev–Trinajstić information content (AvgIpc) is 2.98. The summed E-state index contributed by atoms with van der Waals surface area (Å²) in [7, 11) is 2.20. The van der Waals surface area contributed by atoms with Crippen molar-refractivity contribution in [1.82, 2.24) is 14.9 Å². The van der Waals surface area contributed by atoms with E-state index in [4.69, 9.17) is 9.97 Å². The summed E-state index contributed by atoms with van der Waals surface area (Å²) in [5, 5.41) is 1.30. The van der Waals surface area contributed by atoms with Crippen LogP contribution in [0.4, 0.5) is 0 Å². The molecule has 1 fully saturated rings. The molecule has 0 saturated heterocycles. The van der Waals surface area contributed by atoms with Gasteiger partial charge in [-0.2, -0.15) is 0 Å². The minimum Gasteiger partial charge on any atom is -0.301 e. The van der Waals surface area contributed by atoms with E-state index >= 15 is 0 Å². The number of unbranched alkanes of at least 4 members (excludes halogenated alkanes) is 1. The van der Waals surface area contributed by atoms with Crippen molar-refractivity contribution < 1.29 is 0 Å². The molecule has 0 aliphatic heterocycles. The number of nitrogens with zero attached hydrogens (tertiary/aromatic N) is 3. The van der Waals surface area contributed by atoms with Gasteiger partial charge in [-0.1, -0.05) is 32.6 Å². The Morgan fingerprint density at radius 1 is 1.22 bits per heavy atom. The van der Waals surface area contributed by atoms with E-state index in [0.717, 1.165) is 24.8 Å². The van der Waals surface area contributed by atoms with Crippen molar-refractivity contribution in [2.24, 2.45) is 0 Å². The predicted molar refractivity (Wildman–Crippen MR) is 99.2 cm³/mol. The lowest BCUT2D eigenvalue weighted by atomic mass is 9.88. The van der Waals surface area contributed by atoms with Gasteiger partial charge in [0.25, 0.3) is 0 Å². The first-order chi connectivity index (χ1) is 11.2. The fourth-order valence-corrected chi connectivity index (χ4v) is 4.86. The van der Waals surface area contributed by atoms with Gasteiger partial charge in [0.15, 0.2) is 0 Å². The summed E-state index contributed by atoms with van der Waals surface area (Å²) in [5.74, 6) is 1.67. The molecular formula is C19H29N3S. The number of aromatic nitrogens is 2. The van der Waals surface area contributed by atoms with Crippen LogP contribution in [-0.4, -0.2) is 28.5 Å². The van der Waals surface area contributed by atoms with Gasteiger partial charge in [0, 0.05) is 16.8 Å². The zero-order valence-corrected chi connectivity index (χ0v) is 15.6. The molecule has 0 atom stereocenters. The van der Waals surface area contributed by atoms with E-state index in [1.54, 1.807) is 0 Å². The van der Waals surface area contributed by atoms with E-state index in [2.05, 4.69) is 24.9 Å². The molecule has 2 aromatic rings. The second-order valence-electron chi connectivity index (χ2n) is 7.01. The van der Waals surface area contributed by atoms with Gasteiger partial charge in [0.05, 0.1) is 5.69 Å². The zero-order chi connectivity index (χ0) is 16.2. The number of hydrogen-bond acceptors (Lipinski definition) is 4. The first-order valence-electron chi connectivity index (χ1n) is 9.13. The van der Waals surface area contributed by atoms with Gasteiger partial charge in [-0.3, -0.25) is 0 Å². The van der Waals surface area contributed by atoms with Crippen molar-refractivity contribution in [2.75, 3.05) is 13.6 Å². The van der Waals surface area contributed by atoms with Crippen molar-refractivity contribution in [3.05, 3.63) is 22.5 Å². The third kappa shape index (κ3) is 4.10. The number of hydrogen-bond donors (Lipinski definition) is 0. The van der Waals surface area contributed by atoms with E-state index in [0.29, 0.717) is 0 Å². The molecule has 1 aliphatic carbocycles. The standard InChI is InChI=1S/C19H29N3S/c1-4-5-11-22(3)13-17-16-12-18(15-9-7-6-8-10-15)23-19(16)21-14(2)20-17/h12,15H,4-11,13H2,1-3H3. The van der Waals surface area contributed by atoms with Crippen LogP contribution in [-0.2, 0) is 6.54 Å². The molecule has 23 heavy (non-hydrogen) atoms. The maximum absolute atomic E-state index is 4.76. The lowest BCUT2D eigenvalue weighted by Crippen LogP contribution is -2.20. The van der Waals surface area contributed by atoms with Crippen LogP contribution in [0.3, 0.4) is 0 Å². The van der Waals surface area contributed by atoms with Crippen LogP contribution in [0.15, 0.2) is 6.07 Å². The van der Waals surface area contributed by atoms with Crippen LogP contribution >= 0.6 is 11.3 Å². The fourth-order valence-electron chi connectivity index (χ4n) is 3.59. The van der Waals surface area contributed by atoms with Crippen LogP contribution in [0.2, 0.25) is 0 Å². The second kappa shape index (κ2) is 7.71. The Kier molecular flexibility index (Phi) is 5.65. The average molecular weight is 332 g/mol. The molecule has 0 unspecified atom stereocenters. The summed E-state index contributed by atoms with van der Waals surface area (Å²) < 4.78 is 0. The molecule has 0 amide bonds. The SMILES string of the molecule is CCCCN(C)Cc1nc(C)nc2sc(C3CCCCC3)cc12. The lowest BCUT2D eigenvalue weighted by molar-refractivity contribution is 0.318. The monoisotopic (exact) mass is 331 g/mol. The highest BCUT2D eigenvalue weighted by atomic mass is 32.1. The predicted octanol–water partition coefficient (Wildman–Crippen LogP) is 5.28. The quantitative estimate of drug-likeness (QED) is 0.721. The van der Waals surface area contributed by atoms with Crippen LogP contribution in [0.1, 0.15) is 74.2 Å². The molecule has 3 nitrogen and oxygen atoms in total. The van der Waals surface area contributed by atoms with E-state index in [-0.39, 0.29) is 0 Å². The molecule has 0 spiro atoms. The van der Waals surface area contributed by atoms with Crippen molar-refractivity contribution in [3.63, 3.8) is 0 Å². The summed E-state index contributed by atoms with van der Waals surface area (Å²) in [4.78, 5) is 14.6. The van der Waals surface area contributed by atoms with Crippen LogP contribution in [0.25, 0.3) is 10.2 Å². The number of aryl methyl sites for hydroxylation is 1.